The molecule has 3 rings (SSSR count). The standard InChI is InChI=1S/C18H21N3O/c1-2-12-3-6-14(7-4-12)20-17-10-5-13(11-16(17)19)18(22)21-15-8-9-15/h3-7,10-11,15,20H,2,8-9,19H2,1H3,(H,21,22). The number of carbonyl (C=O) groups is 1. The molecule has 0 unspecified atom stereocenters. The molecule has 1 aliphatic carbocycles. The van der Waals surface area contributed by atoms with E-state index in [-0.39, 0.29) is 5.91 Å². The van der Waals surface area contributed by atoms with Gasteiger partial charge in [-0.1, -0.05) is 19.1 Å². The Labute approximate surface area is 130 Å². The van der Waals surface area contributed by atoms with Crippen LogP contribution in [0.3, 0.4) is 0 Å². The average molecular weight is 295 g/mol. The highest BCUT2D eigenvalue weighted by Gasteiger charge is 2.23. The summed E-state index contributed by atoms with van der Waals surface area (Å²) in [6.45, 7) is 2.13. The van der Waals surface area contributed by atoms with Crippen molar-refractivity contribution in [3.63, 3.8) is 0 Å². The molecule has 4 heteroatoms. The van der Waals surface area contributed by atoms with Gasteiger partial charge >= 0.3 is 0 Å². The lowest BCUT2D eigenvalue weighted by Gasteiger charge is -2.11. The van der Waals surface area contributed by atoms with E-state index in [1.807, 2.05) is 18.2 Å². The highest BCUT2D eigenvalue weighted by Crippen LogP contribution is 2.25. The molecule has 4 nitrogen and oxygen atoms in total. The molecule has 22 heavy (non-hydrogen) atoms. The number of anilines is 3. The van der Waals surface area contributed by atoms with Crippen LogP contribution in [0.1, 0.15) is 35.7 Å². The number of hydrogen-bond acceptors (Lipinski definition) is 3. The van der Waals surface area contributed by atoms with Crippen LogP contribution in [0.15, 0.2) is 42.5 Å². The molecule has 1 saturated carbocycles. The van der Waals surface area contributed by atoms with Crippen LogP contribution in [0.2, 0.25) is 0 Å². The fraction of sp³-hybridized carbons (Fsp3) is 0.278. The largest absolute Gasteiger partial charge is 0.397 e. The Morgan fingerprint density at radius 1 is 1.18 bits per heavy atom. The fourth-order valence-corrected chi connectivity index (χ4v) is 2.29. The molecule has 0 radical (unpaired) electrons. The zero-order valence-electron chi connectivity index (χ0n) is 12.7. The quantitative estimate of drug-likeness (QED) is 0.740. The predicted octanol–water partition coefficient (Wildman–Crippen LogP) is 3.47. The van der Waals surface area contributed by atoms with Crippen molar-refractivity contribution >= 4 is 23.0 Å². The Morgan fingerprint density at radius 2 is 1.91 bits per heavy atom. The van der Waals surface area contributed by atoms with Crippen LogP contribution in [0, 0.1) is 0 Å². The first-order chi connectivity index (χ1) is 10.7. The normalized spacial score (nSPS) is 13.7. The minimum Gasteiger partial charge on any atom is -0.397 e. The van der Waals surface area contributed by atoms with Gasteiger partial charge < -0.3 is 16.4 Å². The Balaban J connectivity index is 1.71. The Kier molecular flexibility index (Phi) is 4.00. The molecule has 0 bridgehead atoms. The van der Waals surface area contributed by atoms with Crippen molar-refractivity contribution in [1.82, 2.24) is 5.32 Å². The first kappa shape index (κ1) is 14.4. The minimum atomic E-state index is -0.0481. The van der Waals surface area contributed by atoms with Gasteiger partial charge in [0.1, 0.15) is 0 Å². The molecular weight excluding hydrogens is 274 g/mol. The van der Waals surface area contributed by atoms with Crippen molar-refractivity contribution in [1.29, 1.82) is 0 Å². The summed E-state index contributed by atoms with van der Waals surface area (Å²) in [5.41, 5.74) is 10.3. The zero-order valence-corrected chi connectivity index (χ0v) is 12.7. The molecule has 1 aliphatic rings. The molecule has 0 spiro atoms. The second kappa shape index (κ2) is 6.10. The lowest BCUT2D eigenvalue weighted by atomic mass is 10.1. The van der Waals surface area contributed by atoms with Gasteiger partial charge in [-0.25, -0.2) is 0 Å². The molecule has 0 heterocycles. The molecule has 0 aromatic heterocycles. The highest BCUT2D eigenvalue weighted by atomic mass is 16.1. The maximum absolute atomic E-state index is 12.0. The van der Waals surface area contributed by atoms with E-state index >= 15 is 0 Å². The monoisotopic (exact) mass is 295 g/mol. The summed E-state index contributed by atoms with van der Waals surface area (Å²) in [4.78, 5) is 12.0. The smallest absolute Gasteiger partial charge is 0.251 e. The first-order valence-electron chi connectivity index (χ1n) is 7.72. The summed E-state index contributed by atoms with van der Waals surface area (Å²) in [5.74, 6) is -0.0481. The summed E-state index contributed by atoms with van der Waals surface area (Å²) >= 11 is 0. The van der Waals surface area contributed by atoms with E-state index in [4.69, 9.17) is 5.73 Å². The number of nitrogen functional groups attached to an aromatic ring is 1. The molecule has 4 N–H and O–H groups in total. The number of hydrogen-bond donors (Lipinski definition) is 3. The Morgan fingerprint density at radius 3 is 2.50 bits per heavy atom. The number of nitrogens with two attached hydrogens (primary N) is 1. The summed E-state index contributed by atoms with van der Waals surface area (Å²) < 4.78 is 0. The van der Waals surface area contributed by atoms with Gasteiger partial charge in [0.25, 0.3) is 5.91 Å². The van der Waals surface area contributed by atoms with Gasteiger partial charge in [0.15, 0.2) is 0 Å². The van der Waals surface area contributed by atoms with E-state index in [9.17, 15) is 4.79 Å². The minimum absolute atomic E-state index is 0.0481. The van der Waals surface area contributed by atoms with Crippen LogP contribution in [0.25, 0.3) is 0 Å². The lowest BCUT2D eigenvalue weighted by molar-refractivity contribution is 0.0951. The highest BCUT2D eigenvalue weighted by molar-refractivity contribution is 5.96. The van der Waals surface area contributed by atoms with Crippen molar-refractivity contribution in [3.05, 3.63) is 53.6 Å². The van der Waals surface area contributed by atoms with Crippen LogP contribution in [-0.4, -0.2) is 11.9 Å². The molecule has 1 amide bonds. The van der Waals surface area contributed by atoms with E-state index < -0.39 is 0 Å². The van der Waals surface area contributed by atoms with Gasteiger partial charge in [-0.2, -0.15) is 0 Å². The number of nitrogens with one attached hydrogen (secondary N) is 2. The Hall–Kier alpha value is -2.49. The summed E-state index contributed by atoms with van der Waals surface area (Å²) in [7, 11) is 0. The number of carbonyl (C=O) groups excluding carboxylic acids is 1. The van der Waals surface area contributed by atoms with Gasteiger partial charge in [0.05, 0.1) is 11.4 Å². The van der Waals surface area contributed by atoms with Gasteiger partial charge in [0, 0.05) is 17.3 Å². The van der Waals surface area contributed by atoms with Crippen molar-refractivity contribution in [2.24, 2.45) is 0 Å². The van der Waals surface area contributed by atoms with E-state index in [2.05, 4.69) is 29.7 Å². The third-order valence-electron chi connectivity index (χ3n) is 3.87. The third-order valence-corrected chi connectivity index (χ3v) is 3.87. The molecular formula is C18H21N3O. The van der Waals surface area contributed by atoms with Crippen LogP contribution in [0.5, 0.6) is 0 Å². The Bertz CT molecular complexity index is 675. The number of rotatable bonds is 5. The molecule has 2 aromatic carbocycles. The fourth-order valence-electron chi connectivity index (χ4n) is 2.29. The summed E-state index contributed by atoms with van der Waals surface area (Å²) in [6, 6.07) is 14.0. The second-order valence-corrected chi connectivity index (χ2v) is 5.73. The molecule has 2 aromatic rings. The number of amides is 1. The van der Waals surface area contributed by atoms with Gasteiger partial charge in [-0.15, -0.1) is 0 Å². The molecule has 0 aliphatic heterocycles. The van der Waals surface area contributed by atoms with Gasteiger partial charge in [-0.05, 0) is 55.2 Å². The maximum Gasteiger partial charge on any atom is 0.251 e. The predicted molar refractivity (Wildman–Crippen MR) is 90.4 cm³/mol. The van der Waals surface area contributed by atoms with Crippen molar-refractivity contribution in [3.8, 4) is 0 Å². The molecule has 0 saturated heterocycles. The maximum atomic E-state index is 12.0. The van der Waals surface area contributed by atoms with E-state index in [1.165, 1.54) is 5.56 Å². The van der Waals surface area contributed by atoms with Crippen LogP contribution in [-0.2, 0) is 6.42 Å². The van der Waals surface area contributed by atoms with Crippen LogP contribution < -0.4 is 16.4 Å². The van der Waals surface area contributed by atoms with Gasteiger partial charge in [-0.3, -0.25) is 4.79 Å². The SMILES string of the molecule is CCc1ccc(Nc2ccc(C(=O)NC3CC3)cc2N)cc1. The van der Waals surface area contributed by atoms with E-state index in [0.29, 0.717) is 17.3 Å². The second-order valence-electron chi connectivity index (χ2n) is 5.73. The topological polar surface area (TPSA) is 67.2 Å². The van der Waals surface area contributed by atoms with E-state index in [1.54, 1.807) is 12.1 Å². The molecule has 1 fully saturated rings. The number of benzene rings is 2. The molecule has 114 valence electrons. The van der Waals surface area contributed by atoms with Gasteiger partial charge in [0.2, 0.25) is 0 Å². The summed E-state index contributed by atoms with van der Waals surface area (Å²) in [6.07, 6.45) is 3.18. The first-order valence-corrected chi connectivity index (χ1v) is 7.72. The van der Waals surface area contributed by atoms with Crippen molar-refractivity contribution < 1.29 is 4.79 Å². The van der Waals surface area contributed by atoms with Crippen molar-refractivity contribution in [2.75, 3.05) is 11.1 Å². The lowest BCUT2D eigenvalue weighted by Crippen LogP contribution is -2.25. The van der Waals surface area contributed by atoms with Crippen molar-refractivity contribution in [2.45, 2.75) is 32.2 Å². The summed E-state index contributed by atoms with van der Waals surface area (Å²) in [5, 5.41) is 6.25. The zero-order chi connectivity index (χ0) is 15.5. The van der Waals surface area contributed by atoms with Crippen LogP contribution in [0.4, 0.5) is 17.1 Å². The number of aryl methyl sites for hydroxylation is 1. The average Bonchev–Trinajstić information content (AvgIpc) is 3.34. The van der Waals surface area contributed by atoms with Crippen LogP contribution >= 0.6 is 0 Å². The molecule has 0 atom stereocenters. The third kappa shape index (κ3) is 3.39. The van der Waals surface area contributed by atoms with E-state index in [0.717, 1.165) is 30.6 Å².